The van der Waals surface area contributed by atoms with Gasteiger partial charge in [-0.15, -0.1) is 0 Å². The van der Waals surface area contributed by atoms with E-state index < -0.39 is 0 Å². The molecule has 0 atom stereocenters. The van der Waals surface area contributed by atoms with E-state index in [2.05, 4.69) is 36.1 Å². The van der Waals surface area contributed by atoms with E-state index in [1.807, 2.05) is 35.2 Å². The standard InChI is InChI=1S/C22H28N2O3/c1-2-16-26-20-8-10-21(11-9-20)27-18-22(25)24-14-12-23(13-15-24)17-19-6-4-3-5-7-19/h3-11H,2,12-18H2,1H3. The van der Waals surface area contributed by atoms with E-state index >= 15 is 0 Å². The minimum atomic E-state index is 0.0423. The minimum absolute atomic E-state index is 0.0423. The van der Waals surface area contributed by atoms with Gasteiger partial charge in [-0.1, -0.05) is 37.3 Å². The Morgan fingerprint density at radius 2 is 1.52 bits per heavy atom. The molecule has 5 nitrogen and oxygen atoms in total. The quantitative estimate of drug-likeness (QED) is 0.718. The molecule has 144 valence electrons. The van der Waals surface area contributed by atoms with Gasteiger partial charge in [-0.25, -0.2) is 0 Å². The van der Waals surface area contributed by atoms with Crippen molar-refractivity contribution in [3.05, 3.63) is 60.2 Å². The average molecular weight is 368 g/mol. The third kappa shape index (κ3) is 6.00. The number of amides is 1. The fraction of sp³-hybridized carbons (Fsp3) is 0.409. The molecular formula is C22H28N2O3. The lowest BCUT2D eigenvalue weighted by atomic mass is 10.2. The molecule has 27 heavy (non-hydrogen) atoms. The van der Waals surface area contributed by atoms with Crippen LogP contribution in [0.1, 0.15) is 18.9 Å². The number of rotatable bonds is 8. The molecule has 2 aromatic rings. The second-order valence-electron chi connectivity index (χ2n) is 6.75. The van der Waals surface area contributed by atoms with Crippen molar-refractivity contribution in [2.24, 2.45) is 0 Å². The first-order chi connectivity index (χ1) is 13.2. The molecular weight excluding hydrogens is 340 g/mol. The highest BCUT2D eigenvalue weighted by molar-refractivity contribution is 5.77. The third-order valence-electron chi connectivity index (χ3n) is 4.63. The van der Waals surface area contributed by atoms with Crippen molar-refractivity contribution in [1.82, 2.24) is 9.80 Å². The average Bonchev–Trinajstić information content (AvgIpc) is 2.72. The summed E-state index contributed by atoms with van der Waals surface area (Å²) in [5, 5.41) is 0. The summed E-state index contributed by atoms with van der Waals surface area (Å²) in [4.78, 5) is 16.7. The largest absolute Gasteiger partial charge is 0.494 e. The van der Waals surface area contributed by atoms with Crippen LogP contribution in [0.4, 0.5) is 0 Å². The molecule has 1 saturated heterocycles. The Labute approximate surface area is 161 Å². The molecule has 2 aromatic carbocycles. The van der Waals surface area contributed by atoms with Crippen LogP contribution in [0.15, 0.2) is 54.6 Å². The summed E-state index contributed by atoms with van der Waals surface area (Å²) in [7, 11) is 0. The summed E-state index contributed by atoms with van der Waals surface area (Å²) in [6.45, 7) is 7.07. The summed E-state index contributed by atoms with van der Waals surface area (Å²) in [5.41, 5.74) is 1.31. The van der Waals surface area contributed by atoms with Crippen LogP contribution < -0.4 is 9.47 Å². The first-order valence-corrected chi connectivity index (χ1v) is 9.64. The van der Waals surface area contributed by atoms with Crippen LogP contribution in [0, 0.1) is 0 Å². The Morgan fingerprint density at radius 1 is 0.889 bits per heavy atom. The van der Waals surface area contributed by atoms with Gasteiger partial charge in [-0.3, -0.25) is 9.69 Å². The maximum Gasteiger partial charge on any atom is 0.260 e. The van der Waals surface area contributed by atoms with Gasteiger partial charge < -0.3 is 14.4 Å². The lowest BCUT2D eigenvalue weighted by Crippen LogP contribution is -2.49. The monoisotopic (exact) mass is 368 g/mol. The molecule has 0 radical (unpaired) electrons. The number of benzene rings is 2. The van der Waals surface area contributed by atoms with Crippen molar-refractivity contribution in [3.8, 4) is 11.5 Å². The van der Waals surface area contributed by atoms with Crippen molar-refractivity contribution in [2.75, 3.05) is 39.4 Å². The van der Waals surface area contributed by atoms with Gasteiger partial charge in [-0.2, -0.15) is 0 Å². The Kier molecular flexibility index (Phi) is 7.11. The van der Waals surface area contributed by atoms with Crippen molar-refractivity contribution in [2.45, 2.75) is 19.9 Å². The van der Waals surface area contributed by atoms with Crippen LogP contribution in [0.25, 0.3) is 0 Å². The zero-order valence-electron chi connectivity index (χ0n) is 16.0. The predicted octanol–water partition coefficient (Wildman–Crippen LogP) is 3.20. The Hall–Kier alpha value is -2.53. The van der Waals surface area contributed by atoms with E-state index in [0.717, 1.165) is 44.9 Å². The van der Waals surface area contributed by atoms with Gasteiger partial charge in [-0.05, 0) is 36.2 Å². The zero-order chi connectivity index (χ0) is 18.9. The minimum Gasteiger partial charge on any atom is -0.494 e. The molecule has 0 saturated carbocycles. The van der Waals surface area contributed by atoms with E-state index in [0.29, 0.717) is 12.4 Å². The van der Waals surface area contributed by atoms with Crippen LogP contribution in [0.3, 0.4) is 0 Å². The lowest BCUT2D eigenvalue weighted by Gasteiger charge is -2.34. The molecule has 1 aliphatic rings. The number of piperazine rings is 1. The summed E-state index contributed by atoms with van der Waals surface area (Å²) in [6, 6.07) is 17.9. The smallest absolute Gasteiger partial charge is 0.260 e. The summed E-state index contributed by atoms with van der Waals surface area (Å²) >= 11 is 0. The van der Waals surface area contributed by atoms with Crippen molar-refractivity contribution in [1.29, 1.82) is 0 Å². The number of nitrogens with zero attached hydrogens (tertiary/aromatic N) is 2. The number of carbonyl (C=O) groups is 1. The molecule has 5 heteroatoms. The van der Waals surface area contributed by atoms with Gasteiger partial charge in [0.1, 0.15) is 11.5 Å². The zero-order valence-corrected chi connectivity index (χ0v) is 16.0. The molecule has 0 N–H and O–H groups in total. The molecule has 0 bridgehead atoms. The number of ether oxygens (including phenoxy) is 2. The molecule has 1 aliphatic heterocycles. The second kappa shape index (κ2) is 9.97. The summed E-state index contributed by atoms with van der Waals surface area (Å²) < 4.78 is 11.2. The maximum atomic E-state index is 12.4. The fourth-order valence-corrected chi connectivity index (χ4v) is 3.09. The lowest BCUT2D eigenvalue weighted by molar-refractivity contribution is -0.135. The van der Waals surface area contributed by atoms with Crippen LogP contribution >= 0.6 is 0 Å². The third-order valence-corrected chi connectivity index (χ3v) is 4.63. The summed E-state index contributed by atoms with van der Waals surface area (Å²) in [5.74, 6) is 1.56. The van der Waals surface area contributed by atoms with Gasteiger partial charge in [0, 0.05) is 32.7 Å². The highest BCUT2D eigenvalue weighted by Gasteiger charge is 2.21. The molecule has 0 aromatic heterocycles. The Balaban J connectivity index is 1.39. The molecule has 1 amide bonds. The van der Waals surface area contributed by atoms with Gasteiger partial charge in [0.25, 0.3) is 5.91 Å². The molecule has 0 unspecified atom stereocenters. The Bertz CT molecular complexity index is 695. The molecule has 3 rings (SSSR count). The van der Waals surface area contributed by atoms with Gasteiger partial charge in [0.05, 0.1) is 6.61 Å². The number of carbonyl (C=O) groups excluding carboxylic acids is 1. The van der Waals surface area contributed by atoms with Gasteiger partial charge in [0.2, 0.25) is 0 Å². The molecule has 0 aliphatic carbocycles. The second-order valence-corrected chi connectivity index (χ2v) is 6.75. The molecule has 1 heterocycles. The maximum absolute atomic E-state index is 12.4. The van der Waals surface area contributed by atoms with Crippen molar-refractivity contribution in [3.63, 3.8) is 0 Å². The van der Waals surface area contributed by atoms with Gasteiger partial charge >= 0.3 is 0 Å². The molecule has 0 spiro atoms. The SMILES string of the molecule is CCCOc1ccc(OCC(=O)N2CCN(Cc3ccccc3)CC2)cc1. The predicted molar refractivity (Wildman–Crippen MR) is 106 cm³/mol. The van der Waals surface area contributed by atoms with Crippen molar-refractivity contribution >= 4 is 5.91 Å². The van der Waals surface area contributed by atoms with E-state index in [4.69, 9.17) is 9.47 Å². The van der Waals surface area contributed by atoms with Crippen molar-refractivity contribution < 1.29 is 14.3 Å². The number of hydrogen-bond acceptors (Lipinski definition) is 4. The van der Waals surface area contributed by atoms with Crippen LogP contribution in [0.5, 0.6) is 11.5 Å². The highest BCUT2D eigenvalue weighted by Crippen LogP contribution is 2.18. The van der Waals surface area contributed by atoms with E-state index in [1.165, 1.54) is 5.56 Å². The fourth-order valence-electron chi connectivity index (χ4n) is 3.09. The topological polar surface area (TPSA) is 42.0 Å². The first kappa shape index (κ1) is 19.2. The highest BCUT2D eigenvalue weighted by atomic mass is 16.5. The van der Waals surface area contributed by atoms with E-state index in [-0.39, 0.29) is 12.5 Å². The van der Waals surface area contributed by atoms with E-state index in [1.54, 1.807) is 0 Å². The summed E-state index contributed by atoms with van der Waals surface area (Å²) in [6.07, 6.45) is 0.978. The van der Waals surface area contributed by atoms with Crippen LogP contribution in [0.2, 0.25) is 0 Å². The first-order valence-electron chi connectivity index (χ1n) is 9.64. The van der Waals surface area contributed by atoms with Crippen LogP contribution in [-0.2, 0) is 11.3 Å². The Morgan fingerprint density at radius 3 is 2.15 bits per heavy atom. The number of hydrogen-bond donors (Lipinski definition) is 0. The molecule has 1 fully saturated rings. The van der Waals surface area contributed by atoms with E-state index in [9.17, 15) is 4.79 Å². The van der Waals surface area contributed by atoms with Crippen LogP contribution in [-0.4, -0.2) is 55.1 Å². The van der Waals surface area contributed by atoms with Gasteiger partial charge in [0.15, 0.2) is 6.61 Å². The normalized spacial score (nSPS) is 14.8.